The van der Waals surface area contributed by atoms with Gasteiger partial charge >= 0.3 is 0 Å². The van der Waals surface area contributed by atoms with E-state index in [-0.39, 0.29) is 0 Å². The van der Waals surface area contributed by atoms with Crippen molar-refractivity contribution in [3.63, 3.8) is 0 Å². The number of nitrogens with zero attached hydrogens (tertiary/aromatic N) is 2. The second kappa shape index (κ2) is 3.19. The first-order chi connectivity index (χ1) is 7.25. The van der Waals surface area contributed by atoms with E-state index >= 15 is 0 Å². The number of carbonyl (C=O) groups excluding carboxylic acids is 1. The molecule has 0 spiro atoms. The molecule has 3 nitrogen and oxygen atoms in total. The van der Waals surface area contributed by atoms with Crippen LogP contribution in [0.15, 0.2) is 0 Å². The van der Waals surface area contributed by atoms with E-state index < -0.39 is 0 Å². The molecule has 0 atom stereocenters. The zero-order valence-corrected chi connectivity index (χ0v) is 9.12. The molecule has 1 aliphatic carbocycles. The maximum absolute atomic E-state index is 11.5. The van der Waals surface area contributed by atoms with Gasteiger partial charge in [-0.15, -0.1) is 0 Å². The number of hydrogen-bond acceptors (Lipinski definition) is 2. The van der Waals surface area contributed by atoms with Crippen molar-refractivity contribution in [2.45, 2.75) is 51.5 Å². The van der Waals surface area contributed by atoms with Crippen LogP contribution in [0.1, 0.15) is 48.8 Å². The molecule has 0 amide bonds. The highest BCUT2D eigenvalue weighted by Crippen LogP contribution is 2.37. The lowest BCUT2D eigenvalue weighted by Crippen LogP contribution is -2.24. The number of carbonyl (C=O) groups is 1. The second-order valence-electron chi connectivity index (χ2n) is 4.75. The molecule has 3 rings (SSSR count). The predicted octanol–water partition coefficient (Wildman–Crippen LogP) is 1.97. The molecule has 80 valence electrons. The Kier molecular flexibility index (Phi) is 1.94. The Hall–Kier alpha value is -1.12. The van der Waals surface area contributed by atoms with Crippen LogP contribution in [-0.2, 0) is 17.8 Å². The lowest BCUT2D eigenvalue weighted by molar-refractivity contribution is -0.120. The minimum absolute atomic E-state index is 0.362. The van der Waals surface area contributed by atoms with Crippen molar-refractivity contribution in [2.75, 3.05) is 0 Å². The normalized spacial score (nSPS) is 21.3. The van der Waals surface area contributed by atoms with Gasteiger partial charge in [-0.3, -0.25) is 4.79 Å². The Morgan fingerprint density at radius 1 is 1.33 bits per heavy atom. The number of aromatic nitrogens is 2. The number of aryl methyl sites for hydroxylation is 1. The molecule has 0 saturated heterocycles. The molecule has 1 aliphatic heterocycles. The fraction of sp³-hybridized carbons (Fsp3) is 0.667. The summed E-state index contributed by atoms with van der Waals surface area (Å²) in [6.07, 6.45) is 5.43. The van der Waals surface area contributed by atoms with Gasteiger partial charge in [-0.1, -0.05) is 6.42 Å². The van der Waals surface area contributed by atoms with Gasteiger partial charge in [-0.25, -0.2) is 4.98 Å². The summed E-state index contributed by atoms with van der Waals surface area (Å²) in [5.74, 6) is 2.17. The lowest BCUT2D eigenvalue weighted by Gasteiger charge is -2.27. The fourth-order valence-corrected chi connectivity index (χ4v) is 2.61. The quantitative estimate of drug-likeness (QED) is 0.701. The number of rotatable bonds is 1. The Morgan fingerprint density at radius 3 is 2.80 bits per heavy atom. The first-order valence-electron chi connectivity index (χ1n) is 5.83. The summed E-state index contributed by atoms with van der Waals surface area (Å²) < 4.78 is 2.19. The van der Waals surface area contributed by atoms with Crippen molar-refractivity contribution in [1.29, 1.82) is 0 Å². The largest absolute Gasteiger partial charge is 0.324 e. The topological polar surface area (TPSA) is 34.9 Å². The lowest BCUT2D eigenvalue weighted by atomic mass is 9.84. The van der Waals surface area contributed by atoms with E-state index in [1.165, 1.54) is 30.8 Å². The standard InChI is InChI=1S/C12H16N2O/c1-8-11-6-5-10(15)7-14(11)12(13-8)9-3-2-4-9/h9H,2-7H2,1H3. The number of imidazole rings is 1. The number of hydrogen-bond donors (Lipinski definition) is 0. The molecule has 15 heavy (non-hydrogen) atoms. The zero-order valence-electron chi connectivity index (χ0n) is 9.12. The van der Waals surface area contributed by atoms with Gasteiger partial charge in [-0.05, 0) is 26.2 Å². The van der Waals surface area contributed by atoms with Crippen LogP contribution in [0.4, 0.5) is 0 Å². The molecular formula is C12H16N2O. The zero-order chi connectivity index (χ0) is 10.4. The highest BCUT2D eigenvalue weighted by molar-refractivity contribution is 5.79. The molecule has 1 fully saturated rings. The summed E-state index contributed by atoms with van der Waals surface area (Å²) in [6, 6.07) is 0. The Morgan fingerprint density at radius 2 is 2.13 bits per heavy atom. The van der Waals surface area contributed by atoms with Crippen LogP contribution in [0.5, 0.6) is 0 Å². The average molecular weight is 204 g/mol. The number of Topliss-reactive ketones (excluding diaryl/α,β-unsaturated/α-hetero) is 1. The van der Waals surface area contributed by atoms with Crippen LogP contribution >= 0.6 is 0 Å². The summed E-state index contributed by atoms with van der Waals surface area (Å²) in [5, 5.41) is 0. The van der Waals surface area contributed by atoms with Crippen LogP contribution in [0, 0.1) is 6.92 Å². The fourth-order valence-electron chi connectivity index (χ4n) is 2.61. The van der Waals surface area contributed by atoms with Crippen LogP contribution in [0.25, 0.3) is 0 Å². The first kappa shape index (κ1) is 9.13. The molecule has 3 heteroatoms. The molecule has 1 aromatic heterocycles. The second-order valence-corrected chi connectivity index (χ2v) is 4.75. The van der Waals surface area contributed by atoms with Gasteiger partial charge in [0, 0.05) is 18.0 Å². The van der Waals surface area contributed by atoms with Gasteiger partial charge in [0.2, 0.25) is 0 Å². The smallest absolute Gasteiger partial charge is 0.152 e. The maximum atomic E-state index is 11.5. The Labute approximate surface area is 89.5 Å². The van der Waals surface area contributed by atoms with E-state index in [2.05, 4.69) is 16.5 Å². The van der Waals surface area contributed by atoms with Crippen molar-refractivity contribution < 1.29 is 4.79 Å². The number of ketones is 1. The van der Waals surface area contributed by atoms with Gasteiger partial charge < -0.3 is 4.57 Å². The van der Waals surface area contributed by atoms with Crippen LogP contribution < -0.4 is 0 Å². The van der Waals surface area contributed by atoms with Crippen molar-refractivity contribution in [2.24, 2.45) is 0 Å². The molecular weight excluding hydrogens is 188 g/mol. The molecule has 2 aliphatic rings. The van der Waals surface area contributed by atoms with Gasteiger partial charge in [0.25, 0.3) is 0 Å². The van der Waals surface area contributed by atoms with Gasteiger partial charge in [0.1, 0.15) is 5.82 Å². The van der Waals surface area contributed by atoms with E-state index in [0.717, 1.165) is 12.1 Å². The minimum atomic E-state index is 0.362. The number of fused-ring (bicyclic) bond motifs is 1. The summed E-state index contributed by atoms with van der Waals surface area (Å²) >= 11 is 0. The molecule has 0 aromatic carbocycles. The summed E-state index contributed by atoms with van der Waals surface area (Å²) in [6.45, 7) is 2.64. The Bertz CT molecular complexity index is 416. The summed E-state index contributed by atoms with van der Waals surface area (Å²) in [4.78, 5) is 16.1. The SMILES string of the molecule is Cc1nc(C2CCC2)n2c1CCC(=O)C2. The predicted molar refractivity (Wildman–Crippen MR) is 56.9 cm³/mol. The van der Waals surface area contributed by atoms with E-state index in [1.54, 1.807) is 0 Å². The maximum Gasteiger partial charge on any atom is 0.152 e. The first-order valence-corrected chi connectivity index (χ1v) is 5.83. The molecule has 0 bridgehead atoms. The van der Waals surface area contributed by atoms with Crippen LogP contribution in [0.3, 0.4) is 0 Å². The Balaban J connectivity index is 2.04. The van der Waals surface area contributed by atoms with Crippen molar-refractivity contribution >= 4 is 5.78 Å². The highest BCUT2D eigenvalue weighted by atomic mass is 16.1. The molecule has 0 N–H and O–H groups in total. The third-order valence-electron chi connectivity index (χ3n) is 3.75. The van der Waals surface area contributed by atoms with Gasteiger partial charge in [-0.2, -0.15) is 0 Å². The van der Waals surface area contributed by atoms with Gasteiger partial charge in [0.05, 0.1) is 12.2 Å². The van der Waals surface area contributed by atoms with E-state index in [0.29, 0.717) is 24.7 Å². The van der Waals surface area contributed by atoms with Gasteiger partial charge in [0.15, 0.2) is 5.78 Å². The summed E-state index contributed by atoms with van der Waals surface area (Å²) in [5.41, 5.74) is 2.45. The average Bonchev–Trinajstić information content (AvgIpc) is 2.41. The summed E-state index contributed by atoms with van der Waals surface area (Å²) in [7, 11) is 0. The third kappa shape index (κ3) is 1.33. The van der Waals surface area contributed by atoms with Crippen molar-refractivity contribution in [3.8, 4) is 0 Å². The van der Waals surface area contributed by atoms with E-state index in [9.17, 15) is 4.79 Å². The third-order valence-corrected chi connectivity index (χ3v) is 3.75. The highest BCUT2D eigenvalue weighted by Gasteiger charge is 2.29. The minimum Gasteiger partial charge on any atom is -0.324 e. The van der Waals surface area contributed by atoms with Crippen LogP contribution in [-0.4, -0.2) is 15.3 Å². The van der Waals surface area contributed by atoms with Crippen molar-refractivity contribution in [1.82, 2.24) is 9.55 Å². The monoisotopic (exact) mass is 204 g/mol. The van der Waals surface area contributed by atoms with Crippen molar-refractivity contribution in [3.05, 3.63) is 17.2 Å². The van der Waals surface area contributed by atoms with E-state index in [4.69, 9.17) is 0 Å². The molecule has 1 aromatic rings. The molecule has 2 heterocycles. The molecule has 0 radical (unpaired) electrons. The van der Waals surface area contributed by atoms with E-state index in [1.807, 2.05) is 0 Å². The molecule has 1 saturated carbocycles. The van der Waals surface area contributed by atoms with Crippen LogP contribution in [0.2, 0.25) is 0 Å². The molecule has 0 unspecified atom stereocenters.